The number of nitrogens with zero attached hydrogens (tertiary/aromatic N) is 1. The van der Waals surface area contributed by atoms with Crippen molar-refractivity contribution in [3.8, 4) is 0 Å². The smallest absolute Gasteiger partial charge is 0.0252 e. The Labute approximate surface area is 133 Å². The molecule has 0 aromatic carbocycles. The molecule has 0 aromatic heterocycles. The van der Waals surface area contributed by atoms with Gasteiger partial charge in [0, 0.05) is 18.6 Å². The van der Waals surface area contributed by atoms with Crippen LogP contribution in [-0.2, 0) is 0 Å². The molecule has 2 nitrogen and oxygen atoms in total. The minimum Gasteiger partial charge on any atom is -0.313 e. The summed E-state index contributed by atoms with van der Waals surface area (Å²) in [5.74, 6) is 1.83. The number of hydrogen-bond acceptors (Lipinski definition) is 2. The van der Waals surface area contributed by atoms with Crippen LogP contribution >= 0.6 is 0 Å². The van der Waals surface area contributed by atoms with Gasteiger partial charge < -0.3 is 5.32 Å². The Balaban J connectivity index is 2.06. The summed E-state index contributed by atoms with van der Waals surface area (Å²) >= 11 is 0. The third-order valence-electron chi connectivity index (χ3n) is 6.10. The second-order valence-electron chi connectivity index (χ2n) is 8.52. The van der Waals surface area contributed by atoms with Crippen molar-refractivity contribution in [1.82, 2.24) is 10.2 Å². The van der Waals surface area contributed by atoms with E-state index in [0.717, 1.165) is 30.5 Å². The van der Waals surface area contributed by atoms with Gasteiger partial charge in [0.2, 0.25) is 0 Å². The SMILES string of the molecule is CCNC1CCC(C(C)(C)C)CC1N1CCCC(CC)C1. The van der Waals surface area contributed by atoms with E-state index in [0.29, 0.717) is 5.41 Å². The fourth-order valence-electron chi connectivity index (χ4n) is 4.57. The average molecular weight is 295 g/mol. The van der Waals surface area contributed by atoms with E-state index in [2.05, 4.69) is 44.8 Å². The van der Waals surface area contributed by atoms with Crippen molar-refractivity contribution in [2.75, 3.05) is 19.6 Å². The third kappa shape index (κ3) is 4.45. The van der Waals surface area contributed by atoms with Gasteiger partial charge in [-0.3, -0.25) is 4.90 Å². The Kier molecular flexibility index (Phi) is 6.14. The van der Waals surface area contributed by atoms with Crippen molar-refractivity contribution in [1.29, 1.82) is 0 Å². The van der Waals surface area contributed by atoms with E-state index < -0.39 is 0 Å². The van der Waals surface area contributed by atoms with Crippen LogP contribution in [0.1, 0.15) is 73.1 Å². The minimum atomic E-state index is 0.468. The van der Waals surface area contributed by atoms with Gasteiger partial charge in [-0.1, -0.05) is 41.0 Å². The van der Waals surface area contributed by atoms with E-state index in [4.69, 9.17) is 0 Å². The molecule has 1 saturated heterocycles. The highest BCUT2D eigenvalue weighted by atomic mass is 15.2. The summed E-state index contributed by atoms with van der Waals surface area (Å²) in [6.07, 6.45) is 8.40. The van der Waals surface area contributed by atoms with Crippen LogP contribution in [0.2, 0.25) is 0 Å². The molecule has 2 rings (SSSR count). The first-order valence-corrected chi connectivity index (χ1v) is 9.43. The van der Waals surface area contributed by atoms with Gasteiger partial charge >= 0.3 is 0 Å². The Morgan fingerprint density at radius 3 is 2.48 bits per heavy atom. The maximum Gasteiger partial charge on any atom is 0.0252 e. The summed E-state index contributed by atoms with van der Waals surface area (Å²) in [5.41, 5.74) is 0.468. The van der Waals surface area contributed by atoms with Gasteiger partial charge in [0.15, 0.2) is 0 Å². The first kappa shape index (κ1) is 17.3. The molecule has 2 aliphatic rings. The van der Waals surface area contributed by atoms with E-state index in [1.807, 2.05) is 0 Å². The van der Waals surface area contributed by atoms with Gasteiger partial charge in [0.25, 0.3) is 0 Å². The number of piperidine rings is 1. The van der Waals surface area contributed by atoms with Gasteiger partial charge in [-0.2, -0.15) is 0 Å². The molecule has 1 aliphatic carbocycles. The van der Waals surface area contributed by atoms with Crippen LogP contribution in [0.15, 0.2) is 0 Å². The van der Waals surface area contributed by atoms with Crippen LogP contribution in [0.3, 0.4) is 0 Å². The second-order valence-corrected chi connectivity index (χ2v) is 8.52. The Morgan fingerprint density at radius 2 is 1.86 bits per heavy atom. The van der Waals surface area contributed by atoms with Gasteiger partial charge in [0.1, 0.15) is 0 Å². The molecule has 0 spiro atoms. The number of hydrogen-bond donors (Lipinski definition) is 1. The molecular formula is C19H38N2. The van der Waals surface area contributed by atoms with Crippen LogP contribution in [0.4, 0.5) is 0 Å². The molecule has 1 heterocycles. The zero-order valence-corrected chi connectivity index (χ0v) is 15.1. The van der Waals surface area contributed by atoms with Crippen LogP contribution in [-0.4, -0.2) is 36.6 Å². The van der Waals surface area contributed by atoms with Gasteiger partial charge in [-0.05, 0) is 62.4 Å². The summed E-state index contributed by atoms with van der Waals surface area (Å²) in [6.45, 7) is 15.7. The van der Waals surface area contributed by atoms with Gasteiger partial charge in [-0.15, -0.1) is 0 Å². The molecule has 2 heteroatoms. The van der Waals surface area contributed by atoms with Crippen molar-refractivity contribution in [3.63, 3.8) is 0 Å². The summed E-state index contributed by atoms with van der Waals surface area (Å²) in [6, 6.07) is 1.50. The van der Waals surface area contributed by atoms with Crippen molar-refractivity contribution < 1.29 is 0 Å². The second kappa shape index (κ2) is 7.46. The number of rotatable bonds is 4. The Bertz CT molecular complexity index is 307. The first-order chi connectivity index (χ1) is 9.95. The highest BCUT2D eigenvalue weighted by Gasteiger charge is 2.39. The average Bonchev–Trinajstić information content (AvgIpc) is 2.47. The van der Waals surface area contributed by atoms with Crippen LogP contribution in [0, 0.1) is 17.3 Å². The van der Waals surface area contributed by atoms with Crippen LogP contribution in [0.5, 0.6) is 0 Å². The van der Waals surface area contributed by atoms with E-state index in [1.165, 1.54) is 51.6 Å². The lowest BCUT2D eigenvalue weighted by molar-refractivity contribution is 0.0329. The normalized spacial score (nSPS) is 35.9. The van der Waals surface area contributed by atoms with E-state index in [-0.39, 0.29) is 0 Å². The molecular weight excluding hydrogens is 256 g/mol. The Hall–Kier alpha value is -0.0800. The molecule has 4 atom stereocenters. The minimum absolute atomic E-state index is 0.468. The fourth-order valence-corrected chi connectivity index (χ4v) is 4.57. The maximum atomic E-state index is 3.80. The molecule has 0 aromatic rings. The van der Waals surface area contributed by atoms with Crippen LogP contribution in [0.25, 0.3) is 0 Å². The van der Waals surface area contributed by atoms with Crippen LogP contribution < -0.4 is 5.32 Å². The topological polar surface area (TPSA) is 15.3 Å². The lowest BCUT2D eigenvalue weighted by Gasteiger charge is -2.48. The predicted octanol–water partition coefficient (Wildman–Crippen LogP) is 4.30. The number of likely N-dealkylation sites (N-methyl/N-ethyl adjacent to an activating group) is 1. The van der Waals surface area contributed by atoms with Crippen molar-refractivity contribution in [2.24, 2.45) is 17.3 Å². The maximum absolute atomic E-state index is 3.80. The summed E-state index contributed by atoms with van der Waals surface area (Å²) in [4.78, 5) is 2.85. The fraction of sp³-hybridized carbons (Fsp3) is 1.00. The molecule has 1 N–H and O–H groups in total. The zero-order chi connectivity index (χ0) is 15.5. The number of likely N-dealkylation sites (tertiary alicyclic amines) is 1. The molecule has 0 amide bonds. The molecule has 21 heavy (non-hydrogen) atoms. The standard InChI is InChI=1S/C19H38N2/c1-6-15-9-8-12-21(14-15)18-13-16(19(3,4)5)10-11-17(18)20-7-2/h15-18,20H,6-14H2,1-5H3. The molecule has 124 valence electrons. The van der Waals surface area contributed by atoms with Crippen molar-refractivity contribution in [3.05, 3.63) is 0 Å². The summed E-state index contributed by atoms with van der Waals surface area (Å²) < 4.78 is 0. The van der Waals surface area contributed by atoms with E-state index in [1.54, 1.807) is 0 Å². The largest absolute Gasteiger partial charge is 0.313 e. The van der Waals surface area contributed by atoms with Gasteiger partial charge in [-0.25, -0.2) is 0 Å². The van der Waals surface area contributed by atoms with E-state index in [9.17, 15) is 0 Å². The molecule has 4 unspecified atom stereocenters. The summed E-state index contributed by atoms with van der Waals surface area (Å²) in [7, 11) is 0. The zero-order valence-electron chi connectivity index (χ0n) is 15.1. The predicted molar refractivity (Wildman–Crippen MR) is 92.6 cm³/mol. The number of nitrogens with one attached hydrogen (secondary N) is 1. The quantitative estimate of drug-likeness (QED) is 0.831. The molecule has 1 aliphatic heterocycles. The first-order valence-electron chi connectivity index (χ1n) is 9.43. The lowest BCUT2D eigenvalue weighted by atomic mass is 9.69. The van der Waals surface area contributed by atoms with Gasteiger partial charge in [0.05, 0.1) is 0 Å². The molecule has 2 fully saturated rings. The highest BCUT2D eigenvalue weighted by Crippen LogP contribution is 2.40. The van der Waals surface area contributed by atoms with Crippen molar-refractivity contribution in [2.45, 2.75) is 85.2 Å². The highest BCUT2D eigenvalue weighted by molar-refractivity contribution is 4.95. The third-order valence-corrected chi connectivity index (χ3v) is 6.10. The molecule has 0 bridgehead atoms. The van der Waals surface area contributed by atoms with E-state index >= 15 is 0 Å². The molecule has 0 radical (unpaired) electrons. The lowest BCUT2D eigenvalue weighted by Crippen LogP contribution is -2.56. The summed E-state index contributed by atoms with van der Waals surface area (Å²) in [5, 5.41) is 3.80. The Morgan fingerprint density at radius 1 is 1.10 bits per heavy atom. The van der Waals surface area contributed by atoms with Crippen molar-refractivity contribution >= 4 is 0 Å². The molecule has 1 saturated carbocycles. The monoisotopic (exact) mass is 294 g/mol.